The van der Waals surface area contributed by atoms with Crippen LogP contribution >= 0.6 is 11.3 Å². The number of nitrogens with zero attached hydrogens (tertiary/aromatic N) is 4. The number of likely N-dealkylation sites (tertiary alicyclic amines) is 1. The molecule has 198 valence electrons. The van der Waals surface area contributed by atoms with Gasteiger partial charge in [0.2, 0.25) is 5.95 Å². The van der Waals surface area contributed by atoms with Crippen LogP contribution in [0.3, 0.4) is 0 Å². The normalized spacial score (nSPS) is 13.6. The Morgan fingerprint density at radius 2 is 1.95 bits per heavy atom. The molecule has 0 aliphatic carbocycles. The van der Waals surface area contributed by atoms with Gasteiger partial charge in [0, 0.05) is 30.1 Å². The molecule has 2 aromatic carbocycles. The molecule has 1 saturated heterocycles. The minimum Gasteiger partial charge on any atom is -0.497 e. The number of thiazole rings is 1. The van der Waals surface area contributed by atoms with Gasteiger partial charge < -0.3 is 14.8 Å². The zero-order valence-electron chi connectivity index (χ0n) is 21.7. The van der Waals surface area contributed by atoms with Gasteiger partial charge in [-0.25, -0.2) is 19.3 Å². The van der Waals surface area contributed by atoms with E-state index in [4.69, 9.17) is 19.4 Å². The number of hydrogen-bond acceptors (Lipinski definition) is 8. The molecule has 38 heavy (non-hydrogen) atoms. The Labute approximate surface area is 226 Å². The molecule has 0 bridgehead atoms. The molecule has 0 unspecified atom stereocenters. The average Bonchev–Trinajstić information content (AvgIpc) is 3.61. The first kappa shape index (κ1) is 26.1. The van der Waals surface area contributed by atoms with Gasteiger partial charge in [-0.1, -0.05) is 19.1 Å². The zero-order valence-corrected chi connectivity index (χ0v) is 22.6. The lowest BCUT2D eigenvalue weighted by Gasteiger charge is -2.15. The SMILES string of the molecule is CCCc1nc(-c2cccc(OC)c2)c(-c2ccnc(Nc3ccc(OCCN4CCCC4)c(F)c3)n2)s1. The van der Waals surface area contributed by atoms with Crippen LogP contribution in [0.1, 0.15) is 31.2 Å². The number of aromatic nitrogens is 3. The van der Waals surface area contributed by atoms with E-state index in [1.807, 2.05) is 30.3 Å². The number of halogens is 1. The summed E-state index contributed by atoms with van der Waals surface area (Å²) in [6.45, 7) is 5.61. The number of hydrogen-bond donors (Lipinski definition) is 1. The number of benzene rings is 2. The average molecular weight is 534 g/mol. The second-order valence-corrected chi connectivity index (χ2v) is 10.3. The largest absolute Gasteiger partial charge is 0.497 e. The molecule has 0 saturated carbocycles. The van der Waals surface area contributed by atoms with Crippen molar-refractivity contribution < 1.29 is 13.9 Å². The van der Waals surface area contributed by atoms with Gasteiger partial charge in [0.15, 0.2) is 11.6 Å². The topological polar surface area (TPSA) is 72.4 Å². The molecule has 7 nitrogen and oxygen atoms in total. The van der Waals surface area contributed by atoms with Gasteiger partial charge in [-0.05, 0) is 69.1 Å². The van der Waals surface area contributed by atoms with Crippen molar-refractivity contribution in [1.29, 1.82) is 0 Å². The van der Waals surface area contributed by atoms with Crippen LogP contribution in [0.25, 0.3) is 21.8 Å². The third-order valence-corrected chi connectivity index (χ3v) is 7.56. The van der Waals surface area contributed by atoms with E-state index in [1.54, 1.807) is 36.8 Å². The highest BCUT2D eigenvalue weighted by atomic mass is 32.1. The molecule has 0 atom stereocenters. The van der Waals surface area contributed by atoms with E-state index >= 15 is 0 Å². The molecule has 3 heterocycles. The lowest BCUT2D eigenvalue weighted by atomic mass is 10.1. The predicted octanol–water partition coefficient (Wildman–Crippen LogP) is 6.59. The summed E-state index contributed by atoms with van der Waals surface area (Å²) in [5.41, 5.74) is 3.13. The second kappa shape index (κ2) is 12.3. The first-order valence-electron chi connectivity index (χ1n) is 13.0. The van der Waals surface area contributed by atoms with E-state index in [9.17, 15) is 4.39 Å². The first-order valence-corrected chi connectivity index (χ1v) is 13.8. The van der Waals surface area contributed by atoms with Crippen molar-refractivity contribution in [3.8, 4) is 33.3 Å². The van der Waals surface area contributed by atoms with Crippen molar-refractivity contribution in [1.82, 2.24) is 19.9 Å². The Hall–Kier alpha value is -3.56. The van der Waals surface area contributed by atoms with E-state index in [0.29, 0.717) is 18.2 Å². The van der Waals surface area contributed by atoms with Crippen LogP contribution in [0.15, 0.2) is 54.7 Å². The van der Waals surface area contributed by atoms with Crippen LogP contribution in [0.4, 0.5) is 16.0 Å². The van der Waals surface area contributed by atoms with Gasteiger partial charge in [0.25, 0.3) is 0 Å². The molecule has 0 amide bonds. The number of methoxy groups -OCH3 is 1. The van der Waals surface area contributed by atoms with Crippen LogP contribution in [0.2, 0.25) is 0 Å². The summed E-state index contributed by atoms with van der Waals surface area (Å²) in [5, 5.41) is 4.18. The van der Waals surface area contributed by atoms with Crippen molar-refractivity contribution in [3.05, 3.63) is 65.6 Å². The summed E-state index contributed by atoms with van der Waals surface area (Å²) in [7, 11) is 1.65. The van der Waals surface area contributed by atoms with E-state index in [2.05, 4.69) is 22.1 Å². The maximum absolute atomic E-state index is 14.7. The quantitative estimate of drug-likeness (QED) is 0.233. The van der Waals surface area contributed by atoms with Gasteiger partial charge in [-0.15, -0.1) is 11.3 Å². The maximum atomic E-state index is 14.7. The van der Waals surface area contributed by atoms with Gasteiger partial charge in [0.05, 0.1) is 28.4 Å². The maximum Gasteiger partial charge on any atom is 0.227 e. The molecular weight excluding hydrogens is 501 g/mol. The van der Waals surface area contributed by atoms with Crippen molar-refractivity contribution in [2.24, 2.45) is 0 Å². The highest BCUT2D eigenvalue weighted by molar-refractivity contribution is 7.15. The van der Waals surface area contributed by atoms with Gasteiger partial charge >= 0.3 is 0 Å². The van der Waals surface area contributed by atoms with E-state index in [-0.39, 0.29) is 5.75 Å². The van der Waals surface area contributed by atoms with Crippen molar-refractivity contribution >= 4 is 23.0 Å². The van der Waals surface area contributed by atoms with Crippen molar-refractivity contribution in [2.75, 3.05) is 38.7 Å². The molecule has 4 aromatic rings. The summed E-state index contributed by atoms with van der Waals surface area (Å²) < 4.78 is 25.8. The summed E-state index contributed by atoms with van der Waals surface area (Å²) in [4.78, 5) is 17.3. The van der Waals surface area contributed by atoms with E-state index in [1.165, 1.54) is 18.9 Å². The number of ether oxygens (including phenoxy) is 2. The molecule has 5 rings (SSSR count). The molecule has 1 fully saturated rings. The molecule has 2 aromatic heterocycles. The molecular formula is C29H32FN5O2S. The Kier molecular flexibility index (Phi) is 8.45. The zero-order chi connectivity index (χ0) is 26.3. The number of anilines is 2. The van der Waals surface area contributed by atoms with Gasteiger partial charge in [-0.2, -0.15) is 0 Å². The molecule has 1 N–H and O–H groups in total. The fourth-order valence-electron chi connectivity index (χ4n) is 4.49. The van der Waals surface area contributed by atoms with Crippen LogP contribution < -0.4 is 14.8 Å². The van der Waals surface area contributed by atoms with Crippen molar-refractivity contribution in [2.45, 2.75) is 32.6 Å². The standard InChI is InChI=1S/C29H32FN5O2S/c1-3-7-26-34-27(20-8-6-9-22(18-20)36-2)28(38-26)24-12-13-31-29(33-24)32-21-10-11-25(23(30)19-21)37-17-16-35-14-4-5-15-35/h6,8-13,18-19H,3-5,7,14-17H2,1-2H3,(H,31,32,33). The Morgan fingerprint density at radius 1 is 1.08 bits per heavy atom. The van der Waals surface area contributed by atoms with Gasteiger partial charge in [0.1, 0.15) is 12.4 Å². The van der Waals surface area contributed by atoms with Crippen molar-refractivity contribution in [3.63, 3.8) is 0 Å². The number of aryl methyl sites for hydroxylation is 1. The fraction of sp³-hybridized carbons (Fsp3) is 0.345. The Bertz CT molecular complexity index is 1370. The van der Waals surface area contributed by atoms with Crippen LogP contribution in [0.5, 0.6) is 11.5 Å². The summed E-state index contributed by atoms with van der Waals surface area (Å²) in [6, 6.07) is 14.6. The van der Waals surface area contributed by atoms with Crippen LogP contribution in [-0.4, -0.2) is 53.2 Å². The minimum atomic E-state index is -0.417. The van der Waals surface area contributed by atoms with Gasteiger partial charge in [-0.3, -0.25) is 4.90 Å². The van der Waals surface area contributed by atoms with E-state index in [0.717, 1.165) is 65.1 Å². The van der Waals surface area contributed by atoms with E-state index < -0.39 is 5.82 Å². The fourth-order valence-corrected chi connectivity index (χ4v) is 5.64. The molecule has 0 radical (unpaired) electrons. The lowest BCUT2D eigenvalue weighted by Crippen LogP contribution is -2.25. The molecule has 1 aliphatic rings. The predicted molar refractivity (Wildman–Crippen MR) is 150 cm³/mol. The number of rotatable bonds is 11. The monoisotopic (exact) mass is 533 g/mol. The Balaban J connectivity index is 1.34. The second-order valence-electron chi connectivity index (χ2n) is 9.20. The summed E-state index contributed by atoms with van der Waals surface area (Å²) in [6.07, 6.45) is 6.05. The Morgan fingerprint density at radius 3 is 2.74 bits per heavy atom. The summed E-state index contributed by atoms with van der Waals surface area (Å²) in [5.74, 6) is 0.987. The summed E-state index contributed by atoms with van der Waals surface area (Å²) >= 11 is 1.63. The highest BCUT2D eigenvalue weighted by Gasteiger charge is 2.18. The van der Waals surface area contributed by atoms with Crippen LogP contribution in [-0.2, 0) is 6.42 Å². The molecule has 0 spiro atoms. The third kappa shape index (κ3) is 6.28. The number of nitrogens with one attached hydrogen (secondary N) is 1. The smallest absolute Gasteiger partial charge is 0.227 e. The third-order valence-electron chi connectivity index (χ3n) is 6.42. The first-order chi connectivity index (χ1) is 18.6. The molecule has 1 aliphatic heterocycles. The highest BCUT2D eigenvalue weighted by Crippen LogP contribution is 2.38. The lowest BCUT2D eigenvalue weighted by molar-refractivity contribution is 0.231. The van der Waals surface area contributed by atoms with Crippen LogP contribution in [0, 0.1) is 5.82 Å². The molecule has 9 heteroatoms. The minimum absolute atomic E-state index is 0.250.